The van der Waals surface area contributed by atoms with E-state index in [1.165, 1.54) is 6.92 Å². The van der Waals surface area contributed by atoms with E-state index in [4.69, 9.17) is 5.11 Å². The molecule has 0 fully saturated rings. The minimum Gasteiger partial charge on any atom is -0.862 e. The van der Waals surface area contributed by atoms with Gasteiger partial charge in [-0.1, -0.05) is 38.2 Å². The summed E-state index contributed by atoms with van der Waals surface area (Å²) in [6.45, 7) is 12.2. The minimum atomic E-state index is -1.20. The fourth-order valence-corrected chi connectivity index (χ4v) is 4.00. The minimum absolute atomic E-state index is 0. The third kappa shape index (κ3) is 29.6. The number of nitrogens with zero attached hydrogens (tertiary/aromatic N) is 3. The number of carboxylic acids is 2. The van der Waals surface area contributed by atoms with Gasteiger partial charge in [-0.15, -0.1) is 0 Å². The van der Waals surface area contributed by atoms with Crippen LogP contribution >= 0.6 is 0 Å². The molecule has 0 aliphatic carbocycles. The zero-order valence-corrected chi connectivity index (χ0v) is 30.7. The van der Waals surface area contributed by atoms with Gasteiger partial charge in [-0.05, 0) is 78.5 Å². The molecule has 4 atom stereocenters. The van der Waals surface area contributed by atoms with Gasteiger partial charge in [0, 0.05) is 45.2 Å². The number of unbranched alkanes of at least 4 members (excludes halogenated alkanes) is 2. The molecule has 0 saturated heterocycles. The summed E-state index contributed by atoms with van der Waals surface area (Å²) in [5, 5.41) is 53.2. The summed E-state index contributed by atoms with van der Waals surface area (Å²) < 4.78 is 0. The van der Waals surface area contributed by atoms with E-state index in [9.17, 15) is 34.8 Å². The maximum absolute atomic E-state index is 11.7. The number of aliphatic imine (C=N–C) groups is 1. The number of amides is 1. The van der Waals surface area contributed by atoms with Crippen LogP contribution in [-0.2, 0) is 14.4 Å². The van der Waals surface area contributed by atoms with Crippen molar-refractivity contribution in [3.8, 4) is 0 Å². The summed E-state index contributed by atoms with van der Waals surface area (Å²) in [6, 6.07) is -1.51. The normalized spacial score (nSPS) is 14.5. The third-order valence-corrected chi connectivity index (χ3v) is 6.53. The van der Waals surface area contributed by atoms with Crippen LogP contribution in [0.15, 0.2) is 29.3 Å². The number of rotatable bonds is 24. The Labute approximate surface area is 300 Å². The second kappa shape index (κ2) is 31.1. The molecular weight excluding hydrogens is 608 g/mol. The Kier molecular flexibility index (Phi) is 33.1. The van der Waals surface area contributed by atoms with Crippen molar-refractivity contribution in [1.29, 1.82) is 0 Å². The van der Waals surface area contributed by atoms with Crippen LogP contribution in [0.25, 0.3) is 0 Å². The van der Waals surface area contributed by atoms with Crippen molar-refractivity contribution in [2.75, 3.05) is 39.3 Å². The van der Waals surface area contributed by atoms with E-state index in [1.54, 1.807) is 30.6 Å². The second-order valence-corrected chi connectivity index (χ2v) is 10.9. The van der Waals surface area contributed by atoms with Gasteiger partial charge in [0.15, 0.2) is 0 Å². The Balaban J connectivity index is -0.000000767. The number of nitrogens with one attached hydrogen (secondary N) is 1. The number of aliphatic hydroxyl groups is 2. The molecule has 0 aliphatic heterocycles. The van der Waals surface area contributed by atoms with Gasteiger partial charge in [0.05, 0.1) is 24.7 Å². The summed E-state index contributed by atoms with van der Waals surface area (Å²) in [6.07, 6.45) is 13.2. The standard InChI is InChI=1S/2C16H30N2O4.Ca/c2*1-4-5-6-7-8-9-15(20)17-10-11-18(12-13(2)19)14(3)16(21)22;/h2*5-6,13-14,19H,4,7-12H2,1-3H3,(H,17,20)(H,21,22);/q;;+2/p-2/b2*6-5+;. The van der Waals surface area contributed by atoms with E-state index in [0.717, 1.165) is 38.5 Å². The third-order valence-electron chi connectivity index (χ3n) is 6.53. The summed E-state index contributed by atoms with van der Waals surface area (Å²) in [7, 11) is 0. The molecule has 0 saturated carbocycles. The molecule has 45 heavy (non-hydrogen) atoms. The largest absolute Gasteiger partial charge is 2.00 e. The number of carboxylic acid groups (broad SMARTS) is 2. The molecule has 0 spiro atoms. The van der Waals surface area contributed by atoms with Crippen molar-refractivity contribution in [2.45, 2.75) is 117 Å². The molecule has 4 N–H and O–H groups in total. The number of hydrogen-bond donors (Lipinski definition) is 4. The quantitative estimate of drug-likeness (QED) is 0.0376. The van der Waals surface area contributed by atoms with Gasteiger partial charge in [-0.25, -0.2) is 0 Å². The fraction of sp³-hybridized carbons (Fsp3) is 0.750. The summed E-state index contributed by atoms with van der Waals surface area (Å²) in [5.74, 6) is -2.32. The fourth-order valence-electron chi connectivity index (χ4n) is 4.00. The van der Waals surface area contributed by atoms with Gasteiger partial charge in [0.25, 0.3) is 0 Å². The molecule has 4 unspecified atom stereocenters. The maximum atomic E-state index is 11.7. The molecule has 13 heteroatoms. The molecule has 0 aromatic carbocycles. The first kappa shape index (κ1) is 47.9. The molecule has 1 amide bonds. The molecule has 256 valence electrons. The van der Waals surface area contributed by atoms with Gasteiger partial charge < -0.3 is 40.6 Å². The topological polar surface area (TPSA) is 189 Å². The Morgan fingerprint density at radius 3 is 1.73 bits per heavy atom. The molecule has 0 aromatic heterocycles. The zero-order valence-electron chi connectivity index (χ0n) is 28.4. The number of hydrogen-bond acceptors (Lipinski definition) is 10. The predicted octanol–water partition coefficient (Wildman–Crippen LogP) is 0.717. The molecule has 0 aromatic rings. The Morgan fingerprint density at radius 1 is 0.800 bits per heavy atom. The van der Waals surface area contributed by atoms with Crippen molar-refractivity contribution >= 4 is 61.5 Å². The number of allylic oxidation sites excluding steroid dienone is 4. The van der Waals surface area contributed by atoms with Crippen molar-refractivity contribution in [1.82, 2.24) is 15.1 Å². The average Bonchev–Trinajstić information content (AvgIpc) is 2.94. The van der Waals surface area contributed by atoms with Crippen LogP contribution in [0, 0.1) is 0 Å². The summed E-state index contributed by atoms with van der Waals surface area (Å²) >= 11 is 0. The first-order valence-electron chi connectivity index (χ1n) is 15.8. The van der Waals surface area contributed by atoms with E-state index in [2.05, 4.69) is 48.5 Å². The smallest absolute Gasteiger partial charge is 0.862 e. The second-order valence-electron chi connectivity index (χ2n) is 10.9. The van der Waals surface area contributed by atoms with Crippen LogP contribution in [0.3, 0.4) is 0 Å². The van der Waals surface area contributed by atoms with Crippen LogP contribution in [0.1, 0.15) is 92.9 Å². The van der Waals surface area contributed by atoms with E-state index in [1.807, 2.05) is 0 Å². The van der Waals surface area contributed by atoms with E-state index < -0.39 is 36.2 Å². The molecule has 0 bridgehead atoms. The van der Waals surface area contributed by atoms with Gasteiger partial charge in [0.1, 0.15) is 6.04 Å². The first-order chi connectivity index (χ1) is 20.8. The van der Waals surface area contributed by atoms with Crippen molar-refractivity contribution in [2.24, 2.45) is 4.99 Å². The van der Waals surface area contributed by atoms with Crippen LogP contribution in [-0.4, -0.2) is 150 Å². The SMILES string of the molecule is CC/C=C/CCCC(=O)NCCN(CC(C)O)C(C)C(=O)O.CC/C=C/CCCC([O-])=NCCN(CC(C)O)C(C)C(=O)[O-].[Ca+2]. The first-order valence-corrected chi connectivity index (χ1v) is 15.8. The van der Waals surface area contributed by atoms with Crippen molar-refractivity contribution in [3.63, 3.8) is 0 Å². The number of carbonyl (C=O) groups excluding carboxylic acids is 2. The van der Waals surface area contributed by atoms with Crippen LogP contribution in [0.5, 0.6) is 0 Å². The molecule has 0 heterocycles. The van der Waals surface area contributed by atoms with Gasteiger partial charge in [0.2, 0.25) is 5.91 Å². The van der Waals surface area contributed by atoms with Crippen molar-refractivity contribution < 1.29 is 39.9 Å². The van der Waals surface area contributed by atoms with Crippen LogP contribution in [0.4, 0.5) is 0 Å². The summed E-state index contributed by atoms with van der Waals surface area (Å²) in [4.78, 5) is 40.7. The predicted molar refractivity (Wildman–Crippen MR) is 176 cm³/mol. The number of aliphatic carboxylic acids is 2. The Hall–Kier alpha value is -1.54. The number of aliphatic hydroxyl groups excluding tert-OH is 2. The molecule has 12 nitrogen and oxygen atoms in total. The van der Waals surface area contributed by atoms with Crippen LogP contribution in [0.2, 0.25) is 0 Å². The van der Waals surface area contributed by atoms with Gasteiger partial charge in [-0.2, -0.15) is 0 Å². The Morgan fingerprint density at radius 2 is 1.29 bits per heavy atom. The maximum Gasteiger partial charge on any atom is 2.00 e. The Bertz CT molecular complexity index is 868. The zero-order chi connectivity index (χ0) is 33.9. The molecule has 0 radical (unpaired) electrons. The molecule has 0 aliphatic rings. The average molecular weight is 667 g/mol. The summed E-state index contributed by atoms with van der Waals surface area (Å²) in [5.41, 5.74) is 0. The van der Waals surface area contributed by atoms with Crippen molar-refractivity contribution in [3.05, 3.63) is 24.3 Å². The molecular formula is C32H58CaN4O8. The number of carbonyl (C=O) groups is 3. The van der Waals surface area contributed by atoms with Crippen LogP contribution < -0.4 is 15.5 Å². The monoisotopic (exact) mass is 666 g/mol. The van der Waals surface area contributed by atoms with E-state index in [-0.39, 0.29) is 69.2 Å². The van der Waals surface area contributed by atoms with E-state index >= 15 is 0 Å². The molecule has 0 rings (SSSR count). The van der Waals surface area contributed by atoms with Gasteiger partial charge >= 0.3 is 43.7 Å². The van der Waals surface area contributed by atoms with E-state index in [0.29, 0.717) is 32.5 Å². The van der Waals surface area contributed by atoms with Gasteiger partial charge in [-0.3, -0.25) is 19.4 Å².